The Labute approximate surface area is 175 Å². The van der Waals surface area contributed by atoms with Gasteiger partial charge in [0.2, 0.25) is 5.95 Å². The number of para-hydroxylation sites is 1. The monoisotopic (exact) mass is 452 g/mol. The van der Waals surface area contributed by atoms with Gasteiger partial charge in [-0.3, -0.25) is 4.79 Å². The fourth-order valence-corrected chi connectivity index (χ4v) is 3.02. The number of ether oxygens (including phenoxy) is 1. The normalized spacial score (nSPS) is 10.2. The van der Waals surface area contributed by atoms with E-state index in [0.717, 1.165) is 10.0 Å². The average molecular weight is 453 g/mol. The van der Waals surface area contributed by atoms with E-state index in [2.05, 4.69) is 31.2 Å². The van der Waals surface area contributed by atoms with E-state index >= 15 is 0 Å². The Morgan fingerprint density at radius 2 is 2.00 bits per heavy atom. The number of carbonyl (C=O) groups is 1. The van der Waals surface area contributed by atoms with Crippen LogP contribution in [0.4, 0.5) is 17.5 Å². The number of anilines is 3. The molecular weight excluding hydrogens is 436 g/mol. The van der Waals surface area contributed by atoms with E-state index in [9.17, 15) is 10.1 Å². The molecule has 0 saturated carbocycles. The minimum Gasteiger partial charge on any atom is -0.483 e. The summed E-state index contributed by atoms with van der Waals surface area (Å²) < 4.78 is 6.44. The molecule has 0 aliphatic carbocycles. The van der Waals surface area contributed by atoms with Gasteiger partial charge in [-0.2, -0.15) is 10.2 Å². The second kappa shape index (κ2) is 8.58. The van der Waals surface area contributed by atoms with E-state index in [4.69, 9.17) is 16.2 Å². The summed E-state index contributed by atoms with van der Waals surface area (Å²) in [5, 5.41) is 12.3. The molecule has 0 aliphatic heterocycles. The molecular formula is C20H17BrN6O2. The summed E-state index contributed by atoms with van der Waals surface area (Å²) in [4.78, 5) is 20.3. The zero-order valence-electron chi connectivity index (χ0n) is 15.4. The fraction of sp³-hybridized carbons (Fsp3) is 0.100. The Morgan fingerprint density at radius 1 is 1.24 bits per heavy atom. The van der Waals surface area contributed by atoms with Crippen LogP contribution in [0.2, 0.25) is 0 Å². The van der Waals surface area contributed by atoms with Gasteiger partial charge in [0.1, 0.15) is 23.2 Å². The molecule has 3 aromatic rings. The average Bonchev–Trinajstić information content (AvgIpc) is 2.68. The van der Waals surface area contributed by atoms with Crippen LogP contribution in [0.15, 0.2) is 46.9 Å². The first-order chi connectivity index (χ1) is 13.9. The van der Waals surface area contributed by atoms with Crippen LogP contribution < -0.4 is 21.5 Å². The summed E-state index contributed by atoms with van der Waals surface area (Å²) in [5.41, 5.74) is 13.9. The number of halogens is 1. The minimum absolute atomic E-state index is 0.0294. The maximum Gasteiger partial charge on any atom is 0.262 e. The molecule has 9 heteroatoms. The van der Waals surface area contributed by atoms with Crippen molar-refractivity contribution in [2.45, 2.75) is 6.92 Å². The fourth-order valence-electron chi connectivity index (χ4n) is 2.66. The van der Waals surface area contributed by atoms with Crippen molar-refractivity contribution < 1.29 is 9.53 Å². The smallest absolute Gasteiger partial charge is 0.262 e. The van der Waals surface area contributed by atoms with Crippen molar-refractivity contribution in [1.82, 2.24) is 9.97 Å². The Morgan fingerprint density at radius 3 is 2.72 bits per heavy atom. The lowest BCUT2D eigenvalue weighted by molar-refractivity contribution is -0.118. The molecule has 0 radical (unpaired) electrons. The first-order valence-corrected chi connectivity index (χ1v) is 9.29. The van der Waals surface area contributed by atoms with Gasteiger partial charge in [0, 0.05) is 15.7 Å². The summed E-state index contributed by atoms with van der Waals surface area (Å²) in [7, 11) is 0. The number of hydrogen-bond donors (Lipinski definition) is 3. The van der Waals surface area contributed by atoms with Crippen molar-refractivity contribution in [3.63, 3.8) is 0 Å². The number of amides is 1. The summed E-state index contributed by atoms with van der Waals surface area (Å²) >= 11 is 3.39. The lowest BCUT2D eigenvalue weighted by Gasteiger charge is -2.14. The molecule has 8 nitrogen and oxygen atoms in total. The molecule has 29 heavy (non-hydrogen) atoms. The molecule has 0 fully saturated rings. The number of nitrogens with one attached hydrogen (secondary N) is 1. The van der Waals surface area contributed by atoms with Gasteiger partial charge in [-0.15, -0.1) is 0 Å². The molecule has 0 saturated heterocycles. The van der Waals surface area contributed by atoms with Gasteiger partial charge < -0.3 is 21.5 Å². The maximum absolute atomic E-state index is 12.3. The molecule has 1 heterocycles. The minimum atomic E-state index is -0.324. The van der Waals surface area contributed by atoms with Gasteiger partial charge in [-0.05, 0) is 36.8 Å². The molecule has 0 aliphatic rings. The highest BCUT2D eigenvalue weighted by Gasteiger charge is 2.18. The van der Waals surface area contributed by atoms with Crippen molar-refractivity contribution in [3.8, 4) is 23.1 Å². The quantitative estimate of drug-likeness (QED) is 0.539. The number of rotatable bonds is 5. The Balaban J connectivity index is 1.88. The third-order valence-electron chi connectivity index (χ3n) is 4.04. The van der Waals surface area contributed by atoms with Crippen LogP contribution in [-0.2, 0) is 4.79 Å². The molecule has 2 aromatic carbocycles. The molecule has 0 bridgehead atoms. The van der Waals surface area contributed by atoms with Gasteiger partial charge in [-0.1, -0.05) is 34.1 Å². The standard InChI is InChI=1S/C20H17BrN6O2/c1-11-4-2-3-5-15(11)25-17(28)10-29-16-7-6-12(21)8-13(16)18-14(9-22)19(23)27-20(24)26-18/h2-8H,10H2,1H3,(H,25,28)(H4,23,24,26,27). The van der Waals surface area contributed by atoms with Crippen molar-refractivity contribution in [3.05, 3.63) is 58.1 Å². The van der Waals surface area contributed by atoms with Crippen molar-refractivity contribution in [1.29, 1.82) is 5.26 Å². The Bertz CT molecular complexity index is 1130. The predicted octanol–water partition coefficient (Wildman–Crippen LogP) is 3.27. The predicted molar refractivity (Wildman–Crippen MR) is 114 cm³/mol. The van der Waals surface area contributed by atoms with Gasteiger partial charge in [0.15, 0.2) is 6.61 Å². The highest BCUT2D eigenvalue weighted by atomic mass is 79.9. The van der Waals surface area contributed by atoms with Crippen LogP contribution in [-0.4, -0.2) is 22.5 Å². The molecule has 0 atom stereocenters. The molecule has 146 valence electrons. The van der Waals surface area contributed by atoms with Crippen LogP contribution in [0.3, 0.4) is 0 Å². The highest BCUT2D eigenvalue weighted by molar-refractivity contribution is 9.10. The van der Waals surface area contributed by atoms with E-state index in [1.165, 1.54) is 0 Å². The number of nitrogens with zero attached hydrogens (tertiary/aromatic N) is 3. The Kier molecular flexibility index (Phi) is 5.95. The zero-order chi connectivity index (χ0) is 21.0. The second-order valence-corrected chi connectivity index (χ2v) is 7.01. The van der Waals surface area contributed by atoms with Gasteiger partial charge in [0.25, 0.3) is 5.91 Å². The Hall–Kier alpha value is -3.64. The van der Waals surface area contributed by atoms with Gasteiger partial charge in [-0.25, -0.2) is 4.98 Å². The lowest BCUT2D eigenvalue weighted by atomic mass is 10.1. The summed E-state index contributed by atoms with van der Waals surface area (Å²) in [6.07, 6.45) is 0. The highest BCUT2D eigenvalue weighted by Crippen LogP contribution is 2.35. The maximum atomic E-state index is 12.3. The van der Waals surface area contributed by atoms with Gasteiger partial charge in [0.05, 0.1) is 5.69 Å². The second-order valence-electron chi connectivity index (χ2n) is 6.09. The molecule has 0 spiro atoms. The van der Waals surface area contributed by atoms with E-state index in [1.54, 1.807) is 18.2 Å². The topological polar surface area (TPSA) is 140 Å². The summed E-state index contributed by atoms with van der Waals surface area (Å²) in [6.45, 7) is 1.66. The lowest BCUT2D eigenvalue weighted by Crippen LogP contribution is -2.21. The van der Waals surface area contributed by atoms with E-state index < -0.39 is 0 Å². The number of benzene rings is 2. The molecule has 0 unspecified atom stereocenters. The van der Waals surface area contributed by atoms with Crippen molar-refractivity contribution in [2.75, 3.05) is 23.4 Å². The van der Waals surface area contributed by atoms with Crippen LogP contribution in [0.1, 0.15) is 11.1 Å². The molecule has 1 amide bonds. The molecule has 3 rings (SSSR count). The van der Waals surface area contributed by atoms with E-state index in [-0.39, 0.29) is 35.5 Å². The first-order valence-electron chi connectivity index (χ1n) is 8.50. The van der Waals surface area contributed by atoms with E-state index in [0.29, 0.717) is 17.0 Å². The largest absolute Gasteiger partial charge is 0.483 e. The number of nitrogens with two attached hydrogens (primary N) is 2. The molecule has 5 N–H and O–H groups in total. The molecule has 1 aromatic heterocycles. The number of nitriles is 1. The number of aryl methyl sites for hydroxylation is 1. The van der Waals surface area contributed by atoms with Gasteiger partial charge >= 0.3 is 0 Å². The third kappa shape index (κ3) is 4.62. The summed E-state index contributed by atoms with van der Waals surface area (Å²) in [6, 6.07) is 14.5. The third-order valence-corrected chi connectivity index (χ3v) is 4.53. The van der Waals surface area contributed by atoms with Crippen molar-refractivity contribution in [2.24, 2.45) is 0 Å². The number of hydrogen-bond acceptors (Lipinski definition) is 7. The number of carbonyl (C=O) groups excluding carboxylic acids is 1. The van der Waals surface area contributed by atoms with E-state index in [1.807, 2.05) is 37.3 Å². The van der Waals surface area contributed by atoms with Crippen molar-refractivity contribution >= 4 is 39.3 Å². The van der Waals surface area contributed by atoms with Crippen LogP contribution in [0.25, 0.3) is 11.3 Å². The van der Waals surface area contributed by atoms with Crippen LogP contribution >= 0.6 is 15.9 Å². The van der Waals surface area contributed by atoms with Crippen LogP contribution in [0, 0.1) is 18.3 Å². The first kappa shape index (κ1) is 20.1. The summed E-state index contributed by atoms with van der Waals surface area (Å²) in [5.74, 6) is -0.0736. The zero-order valence-corrected chi connectivity index (χ0v) is 17.0. The number of aromatic nitrogens is 2. The SMILES string of the molecule is Cc1ccccc1NC(=O)COc1ccc(Br)cc1-c1nc(N)nc(N)c1C#N. The van der Waals surface area contributed by atoms with Crippen LogP contribution in [0.5, 0.6) is 5.75 Å². The number of nitrogen functional groups attached to an aromatic ring is 2.